The molecule has 3 heterocycles. The van der Waals surface area contributed by atoms with Crippen molar-refractivity contribution in [2.24, 2.45) is 11.8 Å². The van der Waals surface area contributed by atoms with Gasteiger partial charge in [0.05, 0.1) is 11.1 Å². The molecule has 1 amide bonds. The Kier molecular flexibility index (Phi) is 6.31. The van der Waals surface area contributed by atoms with E-state index in [1.807, 2.05) is 18.7 Å². The number of thioether (sulfide) groups is 1. The molecular formula is C20H29N3O2S2. The van der Waals surface area contributed by atoms with Crippen LogP contribution in [0.25, 0.3) is 10.2 Å². The summed E-state index contributed by atoms with van der Waals surface area (Å²) in [6.07, 6.45) is 2.15. The predicted molar refractivity (Wildman–Crippen MR) is 114 cm³/mol. The molecule has 0 saturated carbocycles. The number of aromatic nitrogens is 2. The fourth-order valence-corrected chi connectivity index (χ4v) is 5.40. The highest BCUT2D eigenvalue weighted by atomic mass is 32.2. The highest BCUT2D eigenvalue weighted by molar-refractivity contribution is 7.99. The number of carbonyl (C=O) groups is 1. The van der Waals surface area contributed by atoms with Crippen LogP contribution in [0, 0.1) is 25.7 Å². The summed E-state index contributed by atoms with van der Waals surface area (Å²) in [7, 11) is 0. The molecule has 1 aliphatic heterocycles. The van der Waals surface area contributed by atoms with Crippen molar-refractivity contribution in [3.8, 4) is 0 Å². The zero-order chi connectivity index (χ0) is 19.7. The topological polar surface area (TPSA) is 55.2 Å². The first kappa shape index (κ1) is 20.4. The Morgan fingerprint density at radius 2 is 1.96 bits per heavy atom. The fourth-order valence-electron chi connectivity index (χ4n) is 3.42. The Balaban J connectivity index is 1.86. The summed E-state index contributed by atoms with van der Waals surface area (Å²) in [6.45, 7) is 12.8. The van der Waals surface area contributed by atoms with Crippen molar-refractivity contribution >= 4 is 39.2 Å². The molecular weight excluding hydrogens is 378 g/mol. The number of rotatable bonds is 5. The van der Waals surface area contributed by atoms with E-state index >= 15 is 0 Å². The summed E-state index contributed by atoms with van der Waals surface area (Å²) in [6, 6.07) is 0. The van der Waals surface area contributed by atoms with Gasteiger partial charge < -0.3 is 4.90 Å². The van der Waals surface area contributed by atoms with Crippen molar-refractivity contribution in [1.82, 2.24) is 14.5 Å². The summed E-state index contributed by atoms with van der Waals surface area (Å²) in [5, 5.41) is 1.40. The van der Waals surface area contributed by atoms with Gasteiger partial charge in [0.1, 0.15) is 4.83 Å². The number of amides is 1. The van der Waals surface area contributed by atoms with Gasteiger partial charge in [-0.25, -0.2) is 4.98 Å². The van der Waals surface area contributed by atoms with Crippen molar-refractivity contribution in [2.75, 3.05) is 18.8 Å². The molecule has 5 nitrogen and oxygen atoms in total. The van der Waals surface area contributed by atoms with E-state index in [0.717, 1.165) is 46.6 Å². The molecule has 0 atom stereocenters. The Hall–Kier alpha value is -1.34. The standard InChI is InChI=1S/C20H29N3O2S2/c1-12(2)10-23-19(25)17-14(4)15(5)27-18(17)21-20(23)26-11-16(24)22-8-6-13(3)7-9-22/h12-13H,6-11H2,1-5H3. The van der Waals surface area contributed by atoms with E-state index in [-0.39, 0.29) is 11.5 Å². The van der Waals surface area contributed by atoms with Gasteiger partial charge in [-0.3, -0.25) is 14.2 Å². The molecule has 0 unspecified atom stereocenters. The first-order chi connectivity index (χ1) is 12.8. The molecule has 1 aliphatic rings. The van der Waals surface area contributed by atoms with E-state index in [2.05, 4.69) is 20.8 Å². The average Bonchev–Trinajstić information content (AvgIpc) is 2.90. The number of nitrogens with zero attached hydrogens (tertiary/aromatic N) is 3. The number of piperidine rings is 1. The van der Waals surface area contributed by atoms with Gasteiger partial charge in [-0.1, -0.05) is 32.5 Å². The van der Waals surface area contributed by atoms with Crippen molar-refractivity contribution < 1.29 is 4.79 Å². The van der Waals surface area contributed by atoms with Gasteiger partial charge in [-0.05, 0) is 44.1 Å². The van der Waals surface area contributed by atoms with Crippen LogP contribution in [0.15, 0.2) is 9.95 Å². The number of thiophene rings is 1. The lowest BCUT2D eigenvalue weighted by atomic mass is 9.99. The predicted octanol–water partition coefficient (Wildman–Crippen LogP) is 4.08. The lowest BCUT2D eigenvalue weighted by molar-refractivity contribution is -0.129. The number of aryl methyl sites for hydroxylation is 2. The first-order valence-electron chi connectivity index (χ1n) is 9.69. The number of likely N-dealkylation sites (tertiary alicyclic amines) is 1. The monoisotopic (exact) mass is 407 g/mol. The molecule has 3 rings (SSSR count). The Bertz CT molecular complexity index is 893. The van der Waals surface area contributed by atoms with Crippen molar-refractivity contribution in [2.45, 2.75) is 59.2 Å². The zero-order valence-corrected chi connectivity index (χ0v) is 18.5. The van der Waals surface area contributed by atoms with E-state index in [1.165, 1.54) is 11.8 Å². The molecule has 7 heteroatoms. The summed E-state index contributed by atoms with van der Waals surface area (Å²) >= 11 is 2.97. The third-order valence-corrected chi connectivity index (χ3v) is 7.32. The van der Waals surface area contributed by atoms with Gasteiger partial charge in [0, 0.05) is 24.5 Å². The lowest BCUT2D eigenvalue weighted by Gasteiger charge is -2.30. The van der Waals surface area contributed by atoms with E-state index in [0.29, 0.717) is 29.3 Å². The number of hydrogen-bond acceptors (Lipinski definition) is 5. The maximum atomic E-state index is 13.1. The molecule has 1 saturated heterocycles. The summed E-state index contributed by atoms with van der Waals surface area (Å²) in [4.78, 5) is 34.4. The third kappa shape index (κ3) is 4.40. The van der Waals surface area contributed by atoms with Crippen LogP contribution in [-0.2, 0) is 11.3 Å². The SMILES string of the molecule is Cc1sc2nc(SCC(=O)N3CCC(C)CC3)n(CC(C)C)c(=O)c2c1C. The van der Waals surface area contributed by atoms with E-state index in [4.69, 9.17) is 4.98 Å². The molecule has 0 N–H and O–H groups in total. The van der Waals surface area contributed by atoms with Crippen LogP contribution < -0.4 is 5.56 Å². The molecule has 27 heavy (non-hydrogen) atoms. The minimum atomic E-state index is 0.0253. The number of carbonyl (C=O) groups excluding carboxylic acids is 1. The number of fused-ring (bicyclic) bond motifs is 1. The van der Waals surface area contributed by atoms with Gasteiger partial charge in [0.25, 0.3) is 5.56 Å². The summed E-state index contributed by atoms with van der Waals surface area (Å²) < 4.78 is 1.77. The Labute approximate surface area is 169 Å². The van der Waals surface area contributed by atoms with E-state index in [9.17, 15) is 9.59 Å². The van der Waals surface area contributed by atoms with E-state index < -0.39 is 0 Å². The van der Waals surface area contributed by atoms with E-state index in [1.54, 1.807) is 15.9 Å². The number of hydrogen-bond donors (Lipinski definition) is 0. The largest absolute Gasteiger partial charge is 0.342 e. The van der Waals surface area contributed by atoms with Crippen LogP contribution in [0.2, 0.25) is 0 Å². The second kappa shape index (κ2) is 8.35. The van der Waals surface area contributed by atoms with Gasteiger partial charge in [0.15, 0.2) is 5.16 Å². The van der Waals surface area contributed by atoms with Crippen LogP contribution in [0.5, 0.6) is 0 Å². The normalized spacial score (nSPS) is 15.9. The molecule has 1 fully saturated rings. The first-order valence-corrected chi connectivity index (χ1v) is 11.5. The minimum Gasteiger partial charge on any atom is -0.342 e. The summed E-state index contributed by atoms with van der Waals surface area (Å²) in [5.74, 6) is 1.53. The van der Waals surface area contributed by atoms with Gasteiger partial charge in [-0.2, -0.15) is 0 Å². The van der Waals surface area contributed by atoms with Crippen LogP contribution in [0.1, 0.15) is 44.1 Å². The van der Waals surface area contributed by atoms with Gasteiger partial charge in [0.2, 0.25) is 5.91 Å². The van der Waals surface area contributed by atoms with Crippen molar-refractivity contribution in [1.29, 1.82) is 0 Å². The molecule has 0 bridgehead atoms. The fraction of sp³-hybridized carbons (Fsp3) is 0.650. The third-order valence-electron chi connectivity index (χ3n) is 5.26. The second-order valence-electron chi connectivity index (χ2n) is 8.02. The maximum absolute atomic E-state index is 13.1. The van der Waals surface area contributed by atoms with Crippen LogP contribution >= 0.6 is 23.1 Å². The molecule has 2 aromatic rings. The van der Waals surface area contributed by atoms with Crippen LogP contribution in [-0.4, -0.2) is 39.2 Å². The van der Waals surface area contributed by atoms with Crippen LogP contribution in [0.4, 0.5) is 0 Å². The molecule has 0 aromatic carbocycles. The highest BCUT2D eigenvalue weighted by Gasteiger charge is 2.22. The lowest BCUT2D eigenvalue weighted by Crippen LogP contribution is -2.39. The zero-order valence-electron chi connectivity index (χ0n) is 16.9. The van der Waals surface area contributed by atoms with Crippen molar-refractivity contribution in [3.63, 3.8) is 0 Å². The van der Waals surface area contributed by atoms with Crippen LogP contribution in [0.3, 0.4) is 0 Å². The molecule has 0 radical (unpaired) electrons. The average molecular weight is 408 g/mol. The molecule has 0 spiro atoms. The molecule has 0 aliphatic carbocycles. The summed E-state index contributed by atoms with van der Waals surface area (Å²) in [5.41, 5.74) is 1.05. The Morgan fingerprint density at radius 3 is 2.59 bits per heavy atom. The van der Waals surface area contributed by atoms with Gasteiger partial charge in [-0.15, -0.1) is 11.3 Å². The highest BCUT2D eigenvalue weighted by Crippen LogP contribution is 2.29. The van der Waals surface area contributed by atoms with Crippen molar-refractivity contribution in [3.05, 3.63) is 20.8 Å². The minimum absolute atomic E-state index is 0.0253. The Morgan fingerprint density at radius 1 is 1.30 bits per heavy atom. The smallest absolute Gasteiger partial charge is 0.263 e. The second-order valence-corrected chi connectivity index (χ2v) is 10.2. The molecule has 148 valence electrons. The molecule has 2 aromatic heterocycles. The van der Waals surface area contributed by atoms with Gasteiger partial charge >= 0.3 is 0 Å². The maximum Gasteiger partial charge on any atom is 0.263 e. The quantitative estimate of drug-likeness (QED) is 0.553.